The highest BCUT2D eigenvalue weighted by Gasteiger charge is 2.70. The van der Waals surface area contributed by atoms with Crippen molar-refractivity contribution >= 4 is 23.4 Å². The molecule has 4 heterocycles. The van der Waals surface area contributed by atoms with Crippen LogP contribution < -0.4 is 19.9 Å². The van der Waals surface area contributed by atoms with Gasteiger partial charge in [-0.25, -0.2) is 19.0 Å². The number of hydrogen-bond acceptors (Lipinski definition) is 8. The summed E-state index contributed by atoms with van der Waals surface area (Å²) in [5.74, 6) is 3.99. The predicted octanol–water partition coefficient (Wildman–Crippen LogP) is 3.08. The fourth-order valence-electron chi connectivity index (χ4n) is 6.69. The Morgan fingerprint density at radius 2 is 2.03 bits per heavy atom. The summed E-state index contributed by atoms with van der Waals surface area (Å²) < 4.78 is 20.7. The van der Waals surface area contributed by atoms with E-state index in [0.29, 0.717) is 35.1 Å². The van der Waals surface area contributed by atoms with Crippen LogP contribution in [0, 0.1) is 23.1 Å². The molecule has 2 saturated carbocycles. The Kier molecular flexibility index (Phi) is 4.28. The van der Waals surface area contributed by atoms with Crippen molar-refractivity contribution in [3.05, 3.63) is 42.5 Å². The van der Waals surface area contributed by atoms with Crippen LogP contribution in [0.3, 0.4) is 0 Å². The number of aromatic nitrogens is 5. The number of rotatable bonds is 5. The van der Waals surface area contributed by atoms with Crippen LogP contribution in [0.1, 0.15) is 19.3 Å². The molecule has 2 aromatic heterocycles. The van der Waals surface area contributed by atoms with Gasteiger partial charge in [0.2, 0.25) is 17.8 Å². The molecule has 1 aromatic carbocycles. The van der Waals surface area contributed by atoms with Crippen molar-refractivity contribution in [2.24, 2.45) is 17.3 Å². The van der Waals surface area contributed by atoms with E-state index < -0.39 is 0 Å². The monoisotopic (exact) mass is 462 g/mol. The Balaban J connectivity index is 1.11. The second-order valence-corrected chi connectivity index (χ2v) is 9.89. The third-order valence-corrected chi connectivity index (χ3v) is 8.41. The Labute approximate surface area is 197 Å². The van der Waals surface area contributed by atoms with Crippen LogP contribution in [-0.4, -0.2) is 57.5 Å². The van der Waals surface area contributed by atoms with Crippen molar-refractivity contribution < 1.29 is 9.13 Å². The van der Waals surface area contributed by atoms with Crippen molar-refractivity contribution in [1.29, 1.82) is 0 Å². The van der Waals surface area contributed by atoms with E-state index in [1.807, 2.05) is 10.7 Å². The predicted molar refractivity (Wildman–Crippen MR) is 125 cm³/mol. The van der Waals surface area contributed by atoms with Gasteiger partial charge >= 0.3 is 0 Å². The Morgan fingerprint density at radius 1 is 1.15 bits per heavy atom. The molecule has 1 N–H and O–H groups in total. The highest BCUT2D eigenvalue weighted by Crippen LogP contribution is 2.68. The van der Waals surface area contributed by atoms with Crippen molar-refractivity contribution in [3.8, 4) is 5.88 Å². The summed E-state index contributed by atoms with van der Waals surface area (Å²) in [4.78, 5) is 18.0. The topological polar surface area (TPSA) is 84.2 Å². The van der Waals surface area contributed by atoms with E-state index in [9.17, 15) is 4.39 Å². The molecular formula is C24H27FN8O. The molecular weight excluding hydrogens is 435 g/mol. The van der Waals surface area contributed by atoms with Gasteiger partial charge in [-0.3, -0.25) is 0 Å². The number of halogens is 1. The minimum atomic E-state index is -0.232. The molecule has 7 rings (SSSR count). The number of nitrogens with zero attached hydrogens (tertiary/aromatic N) is 7. The summed E-state index contributed by atoms with van der Waals surface area (Å²) in [6, 6.07) is 8.88. The maximum atomic E-state index is 13.4. The maximum Gasteiger partial charge on any atom is 0.244 e. The first-order valence-corrected chi connectivity index (χ1v) is 12.0. The van der Waals surface area contributed by atoms with E-state index in [4.69, 9.17) is 14.8 Å². The molecule has 34 heavy (non-hydrogen) atoms. The summed E-state index contributed by atoms with van der Waals surface area (Å²) in [5, 5.41) is 8.48. The molecule has 0 radical (unpaired) electrons. The SMILES string of the molecule is COc1cc(N2C[C@H]3[C@H](Nc4nc5n(n4)CCCN5c4ccc(F)cc4)C4CCC43C2)ncn1. The molecule has 2 aliphatic heterocycles. The quantitative estimate of drug-likeness (QED) is 0.619. The molecule has 1 saturated heterocycles. The fourth-order valence-corrected chi connectivity index (χ4v) is 6.69. The molecule has 3 aromatic rings. The molecule has 176 valence electrons. The molecule has 4 atom stereocenters. The maximum absolute atomic E-state index is 13.4. The number of hydrogen-bond donors (Lipinski definition) is 1. The summed E-state index contributed by atoms with van der Waals surface area (Å²) >= 11 is 0. The van der Waals surface area contributed by atoms with E-state index >= 15 is 0 Å². The normalized spacial score (nSPS) is 28.9. The van der Waals surface area contributed by atoms with E-state index in [1.165, 1.54) is 25.0 Å². The van der Waals surface area contributed by atoms with Gasteiger partial charge in [0.1, 0.15) is 18.0 Å². The minimum absolute atomic E-state index is 0.232. The van der Waals surface area contributed by atoms with Gasteiger partial charge in [-0.1, -0.05) is 0 Å². The first-order valence-electron chi connectivity index (χ1n) is 12.0. The van der Waals surface area contributed by atoms with Crippen LogP contribution >= 0.6 is 0 Å². The number of methoxy groups -OCH3 is 1. The highest BCUT2D eigenvalue weighted by atomic mass is 19.1. The van der Waals surface area contributed by atoms with Gasteiger partial charge in [0, 0.05) is 49.9 Å². The molecule has 3 fully saturated rings. The Hall–Kier alpha value is -3.43. The smallest absolute Gasteiger partial charge is 0.244 e. The number of benzene rings is 1. The number of aryl methyl sites for hydroxylation is 1. The number of nitrogens with one attached hydrogen (secondary N) is 1. The first kappa shape index (κ1) is 20.0. The lowest BCUT2D eigenvalue weighted by Crippen LogP contribution is -2.68. The van der Waals surface area contributed by atoms with Crippen molar-refractivity contribution in [3.63, 3.8) is 0 Å². The largest absolute Gasteiger partial charge is 0.481 e. The molecule has 1 spiro atoms. The van der Waals surface area contributed by atoms with Crippen molar-refractivity contribution in [2.45, 2.75) is 31.8 Å². The summed E-state index contributed by atoms with van der Waals surface area (Å²) in [6.45, 7) is 3.68. The van der Waals surface area contributed by atoms with Crippen LogP contribution in [-0.2, 0) is 6.54 Å². The first-order chi connectivity index (χ1) is 16.6. The molecule has 10 heteroatoms. The van der Waals surface area contributed by atoms with Gasteiger partial charge in [0.25, 0.3) is 0 Å². The zero-order valence-electron chi connectivity index (χ0n) is 19.1. The Bertz CT molecular complexity index is 1230. The molecule has 2 unspecified atom stereocenters. The van der Waals surface area contributed by atoms with Crippen molar-refractivity contribution in [2.75, 3.05) is 41.9 Å². The lowest BCUT2D eigenvalue weighted by atomic mass is 9.41. The van der Waals surface area contributed by atoms with Gasteiger partial charge in [0.15, 0.2) is 0 Å². The van der Waals surface area contributed by atoms with Crippen LogP contribution in [0.4, 0.5) is 27.8 Å². The third-order valence-electron chi connectivity index (χ3n) is 8.41. The number of ether oxygens (including phenoxy) is 1. The summed E-state index contributed by atoms with van der Waals surface area (Å²) in [7, 11) is 1.63. The second-order valence-electron chi connectivity index (χ2n) is 9.89. The zero-order chi connectivity index (χ0) is 22.9. The van der Waals surface area contributed by atoms with Gasteiger partial charge in [-0.15, -0.1) is 5.10 Å². The third kappa shape index (κ3) is 2.83. The van der Waals surface area contributed by atoms with Gasteiger partial charge in [-0.05, 0) is 54.9 Å². The Morgan fingerprint density at radius 3 is 2.82 bits per heavy atom. The lowest BCUT2D eigenvalue weighted by molar-refractivity contribution is -0.117. The molecule has 2 aliphatic carbocycles. The van der Waals surface area contributed by atoms with E-state index in [-0.39, 0.29) is 5.82 Å². The van der Waals surface area contributed by atoms with Gasteiger partial charge in [0.05, 0.1) is 7.11 Å². The number of anilines is 4. The summed E-state index contributed by atoms with van der Waals surface area (Å²) in [6.07, 6.45) is 5.06. The van der Waals surface area contributed by atoms with Gasteiger partial charge < -0.3 is 19.9 Å². The van der Waals surface area contributed by atoms with E-state index in [1.54, 1.807) is 25.6 Å². The average Bonchev–Trinajstić information content (AvgIpc) is 3.45. The van der Waals surface area contributed by atoms with Crippen LogP contribution in [0.5, 0.6) is 5.88 Å². The molecule has 0 bridgehead atoms. The molecule has 9 nitrogen and oxygen atoms in total. The fraction of sp³-hybridized carbons (Fsp3) is 0.500. The standard InChI is InChI=1S/C24H27FN8O/c1-34-20-11-19(26-14-27-20)31-12-18-21(17-7-8-24(17,18)13-31)28-22-29-23-32(9-2-10-33(23)30-22)16-5-3-15(25)4-6-16/h3-6,11,14,17-18,21H,2,7-10,12-13H2,1H3,(H,28,30)/t17?,18-,21+,24?/m0/s1. The lowest BCUT2D eigenvalue weighted by Gasteiger charge is -2.65. The van der Waals surface area contributed by atoms with Crippen LogP contribution in [0.15, 0.2) is 36.7 Å². The minimum Gasteiger partial charge on any atom is -0.481 e. The van der Waals surface area contributed by atoms with Crippen LogP contribution in [0.2, 0.25) is 0 Å². The second kappa shape index (κ2) is 7.28. The van der Waals surface area contributed by atoms with Crippen molar-refractivity contribution in [1.82, 2.24) is 24.7 Å². The highest BCUT2D eigenvalue weighted by molar-refractivity contribution is 5.59. The zero-order valence-corrected chi connectivity index (χ0v) is 19.1. The number of fused-ring (bicyclic) bond motifs is 1. The van der Waals surface area contributed by atoms with E-state index in [2.05, 4.69) is 25.1 Å². The molecule has 0 amide bonds. The van der Waals surface area contributed by atoms with Gasteiger partial charge in [-0.2, -0.15) is 4.98 Å². The van der Waals surface area contributed by atoms with Crippen LogP contribution in [0.25, 0.3) is 0 Å². The average molecular weight is 463 g/mol. The molecule has 4 aliphatic rings. The van der Waals surface area contributed by atoms with E-state index in [0.717, 1.165) is 50.1 Å². The summed E-state index contributed by atoms with van der Waals surface area (Å²) in [5.41, 5.74) is 1.31.